The lowest BCUT2D eigenvalue weighted by atomic mass is 10.1. The van der Waals surface area contributed by atoms with E-state index in [1.54, 1.807) is 6.07 Å². The summed E-state index contributed by atoms with van der Waals surface area (Å²) in [5, 5.41) is 0. The van der Waals surface area contributed by atoms with Gasteiger partial charge in [-0.1, -0.05) is 24.3 Å². The molecule has 188 valence electrons. The molecule has 1 atom stereocenters. The number of carbonyl (C=O) groups excluding carboxylic acids is 2. The van der Waals surface area contributed by atoms with E-state index in [0.29, 0.717) is 35.8 Å². The SMILES string of the molecule is Cc1cc(C(=O)COC(=O)/C=C/c2ccc(OC(F)F)cc2)c(C)n1CC1COc2ccccc2O1. The standard InChI is InChI=1S/C27H25F2NO6/c1-17-13-22(18(2)30(17)14-21-15-33-24-5-3-4-6-25(24)35-21)23(31)16-34-26(32)12-9-19-7-10-20(11-8-19)36-27(28)29/h3-13,21,27H,14-16H2,1-2H3/b12-9+. The number of fused-ring (bicyclic) bond motifs is 1. The summed E-state index contributed by atoms with van der Waals surface area (Å²) in [4.78, 5) is 24.8. The Labute approximate surface area is 206 Å². The third-order valence-electron chi connectivity index (χ3n) is 5.69. The molecule has 1 aromatic heterocycles. The number of ketones is 1. The minimum Gasteiger partial charge on any atom is -0.486 e. The van der Waals surface area contributed by atoms with Gasteiger partial charge in [0.15, 0.2) is 24.2 Å². The zero-order chi connectivity index (χ0) is 25.7. The Morgan fingerprint density at radius 2 is 1.83 bits per heavy atom. The molecule has 3 aromatic rings. The van der Waals surface area contributed by atoms with Crippen LogP contribution in [0.3, 0.4) is 0 Å². The Hall–Kier alpha value is -4.14. The molecular formula is C27H25F2NO6. The number of carbonyl (C=O) groups is 2. The number of ether oxygens (including phenoxy) is 4. The lowest BCUT2D eigenvalue weighted by Crippen LogP contribution is -2.33. The highest BCUT2D eigenvalue weighted by atomic mass is 19.3. The monoisotopic (exact) mass is 497 g/mol. The van der Waals surface area contributed by atoms with Gasteiger partial charge >= 0.3 is 12.6 Å². The Morgan fingerprint density at radius 3 is 2.56 bits per heavy atom. The number of rotatable bonds is 9. The van der Waals surface area contributed by atoms with E-state index in [0.717, 1.165) is 17.5 Å². The van der Waals surface area contributed by atoms with Crippen molar-refractivity contribution in [3.8, 4) is 17.2 Å². The van der Waals surface area contributed by atoms with E-state index in [2.05, 4.69) is 4.74 Å². The molecule has 7 nitrogen and oxygen atoms in total. The first-order valence-electron chi connectivity index (χ1n) is 11.3. The topological polar surface area (TPSA) is 76.0 Å². The van der Waals surface area contributed by atoms with Crippen LogP contribution in [-0.2, 0) is 16.1 Å². The molecule has 0 aliphatic carbocycles. The van der Waals surface area contributed by atoms with Gasteiger partial charge in [-0.3, -0.25) is 4.79 Å². The van der Waals surface area contributed by atoms with Crippen molar-refractivity contribution in [2.45, 2.75) is 33.1 Å². The molecule has 0 spiro atoms. The number of esters is 1. The second-order valence-corrected chi connectivity index (χ2v) is 8.20. The number of nitrogens with zero attached hydrogens (tertiary/aromatic N) is 1. The van der Waals surface area contributed by atoms with Gasteiger partial charge in [-0.15, -0.1) is 0 Å². The molecule has 4 rings (SSSR count). The number of alkyl halides is 2. The summed E-state index contributed by atoms with van der Waals surface area (Å²) in [6.07, 6.45) is 2.40. The summed E-state index contributed by atoms with van der Waals surface area (Å²) < 4.78 is 47.6. The summed E-state index contributed by atoms with van der Waals surface area (Å²) in [6.45, 7) is 1.31. The number of hydrogen-bond donors (Lipinski definition) is 0. The Bertz CT molecular complexity index is 1270. The summed E-state index contributed by atoms with van der Waals surface area (Å²) in [5.74, 6) is 0.386. The molecule has 0 fully saturated rings. The van der Waals surface area contributed by atoms with Gasteiger partial charge in [0.1, 0.15) is 12.4 Å². The van der Waals surface area contributed by atoms with Crippen molar-refractivity contribution in [3.63, 3.8) is 0 Å². The number of benzene rings is 2. The molecule has 9 heteroatoms. The fourth-order valence-corrected chi connectivity index (χ4v) is 3.91. The highest BCUT2D eigenvalue weighted by Gasteiger charge is 2.24. The van der Waals surface area contributed by atoms with Gasteiger partial charge in [-0.25, -0.2) is 4.79 Å². The van der Waals surface area contributed by atoms with Crippen molar-refractivity contribution in [2.75, 3.05) is 13.2 Å². The first-order chi connectivity index (χ1) is 17.3. The maximum Gasteiger partial charge on any atom is 0.387 e. The number of para-hydroxylation sites is 2. The van der Waals surface area contributed by atoms with Gasteiger partial charge in [0.25, 0.3) is 0 Å². The second-order valence-electron chi connectivity index (χ2n) is 8.20. The largest absolute Gasteiger partial charge is 0.486 e. The van der Waals surface area contributed by atoms with Crippen LogP contribution in [0.15, 0.2) is 60.7 Å². The maximum absolute atomic E-state index is 12.7. The number of aryl methyl sites for hydroxylation is 1. The fourth-order valence-electron chi connectivity index (χ4n) is 3.91. The lowest BCUT2D eigenvalue weighted by Gasteiger charge is -2.27. The average molecular weight is 497 g/mol. The summed E-state index contributed by atoms with van der Waals surface area (Å²) >= 11 is 0. The van der Waals surface area contributed by atoms with E-state index in [9.17, 15) is 18.4 Å². The van der Waals surface area contributed by atoms with Crippen molar-refractivity contribution in [1.29, 1.82) is 0 Å². The molecule has 1 unspecified atom stereocenters. The predicted molar refractivity (Wildman–Crippen MR) is 128 cm³/mol. The fraction of sp³-hybridized carbons (Fsp3) is 0.259. The van der Waals surface area contributed by atoms with Crippen LogP contribution in [0.4, 0.5) is 8.78 Å². The number of hydrogen-bond acceptors (Lipinski definition) is 6. The Kier molecular flexibility index (Phi) is 7.68. The van der Waals surface area contributed by atoms with Crippen LogP contribution in [-0.4, -0.2) is 42.2 Å². The summed E-state index contributed by atoms with van der Waals surface area (Å²) in [6, 6.07) is 15.0. The van der Waals surface area contributed by atoms with E-state index in [1.165, 1.54) is 30.3 Å². The number of aromatic nitrogens is 1. The van der Waals surface area contributed by atoms with Gasteiger partial charge < -0.3 is 23.5 Å². The highest BCUT2D eigenvalue weighted by Crippen LogP contribution is 2.31. The van der Waals surface area contributed by atoms with Gasteiger partial charge in [0.2, 0.25) is 5.78 Å². The van der Waals surface area contributed by atoms with Crippen molar-refractivity contribution < 1.29 is 37.3 Å². The molecule has 0 amide bonds. The van der Waals surface area contributed by atoms with Crippen LogP contribution < -0.4 is 14.2 Å². The zero-order valence-corrected chi connectivity index (χ0v) is 19.8. The van der Waals surface area contributed by atoms with Crippen LogP contribution in [0.5, 0.6) is 17.2 Å². The molecule has 0 radical (unpaired) electrons. The zero-order valence-electron chi connectivity index (χ0n) is 19.8. The van der Waals surface area contributed by atoms with Crippen LogP contribution in [0.25, 0.3) is 6.08 Å². The summed E-state index contributed by atoms with van der Waals surface area (Å²) in [7, 11) is 0. The van der Waals surface area contributed by atoms with E-state index in [1.807, 2.05) is 42.7 Å². The average Bonchev–Trinajstić information content (AvgIpc) is 3.15. The van der Waals surface area contributed by atoms with Crippen LogP contribution in [0.1, 0.15) is 27.3 Å². The van der Waals surface area contributed by atoms with Crippen LogP contribution in [0.2, 0.25) is 0 Å². The van der Waals surface area contributed by atoms with Gasteiger partial charge in [-0.2, -0.15) is 8.78 Å². The van der Waals surface area contributed by atoms with Crippen molar-refractivity contribution in [2.24, 2.45) is 0 Å². The number of Topliss-reactive ketones (excluding diaryl/α,β-unsaturated/α-hetero) is 1. The molecular weight excluding hydrogens is 472 g/mol. The van der Waals surface area contributed by atoms with Crippen molar-refractivity contribution in [3.05, 3.63) is 83.2 Å². The van der Waals surface area contributed by atoms with E-state index in [4.69, 9.17) is 14.2 Å². The minimum absolute atomic E-state index is 0.0142. The first-order valence-corrected chi connectivity index (χ1v) is 11.3. The highest BCUT2D eigenvalue weighted by molar-refractivity contribution is 6.00. The Balaban J connectivity index is 1.32. The molecule has 36 heavy (non-hydrogen) atoms. The third-order valence-corrected chi connectivity index (χ3v) is 5.69. The molecule has 0 bridgehead atoms. The minimum atomic E-state index is -2.91. The molecule has 2 aromatic carbocycles. The molecule has 1 aliphatic rings. The van der Waals surface area contributed by atoms with E-state index < -0.39 is 19.2 Å². The Morgan fingerprint density at radius 1 is 1.11 bits per heavy atom. The van der Waals surface area contributed by atoms with Gasteiger partial charge in [-0.05, 0) is 55.8 Å². The van der Waals surface area contributed by atoms with Crippen LogP contribution in [0, 0.1) is 13.8 Å². The van der Waals surface area contributed by atoms with Crippen molar-refractivity contribution in [1.82, 2.24) is 4.57 Å². The smallest absolute Gasteiger partial charge is 0.387 e. The normalized spacial score (nSPS) is 14.8. The molecule has 1 aliphatic heterocycles. The number of halogens is 2. The van der Waals surface area contributed by atoms with Crippen LogP contribution >= 0.6 is 0 Å². The maximum atomic E-state index is 12.7. The second kappa shape index (κ2) is 11.1. The van der Waals surface area contributed by atoms with Gasteiger partial charge in [0.05, 0.1) is 6.54 Å². The molecule has 0 saturated carbocycles. The molecule has 2 heterocycles. The quantitative estimate of drug-likeness (QED) is 0.236. The van der Waals surface area contributed by atoms with E-state index >= 15 is 0 Å². The third kappa shape index (κ3) is 6.10. The molecule has 0 saturated heterocycles. The lowest BCUT2D eigenvalue weighted by molar-refractivity contribution is -0.136. The predicted octanol–water partition coefficient (Wildman–Crippen LogP) is 4.99. The van der Waals surface area contributed by atoms with Crippen molar-refractivity contribution >= 4 is 17.8 Å². The first kappa shape index (κ1) is 25.0. The van der Waals surface area contributed by atoms with Gasteiger partial charge in [0, 0.05) is 23.0 Å². The molecule has 0 N–H and O–H groups in total. The van der Waals surface area contributed by atoms with E-state index in [-0.39, 0.29) is 17.6 Å². The summed E-state index contributed by atoms with van der Waals surface area (Å²) in [5.41, 5.74) is 2.68.